The van der Waals surface area contributed by atoms with E-state index in [1.165, 1.54) is 0 Å². The van der Waals surface area contributed by atoms with Crippen LogP contribution in [-0.2, 0) is 9.09 Å². The van der Waals surface area contributed by atoms with Gasteiger partial charge in [-0.15, -0.1) is 0 Å². The fraction of sp³-hybridized carbons (Fsp3) is 0.714. The molecule has 12 heavy (non-hydrogen) atoms. The van der Waals surface area contributed by atoms with Crippen molar-refractivity contribution in [3.63, 3.8) is 0 Å². The van der Waals surface area contributed by atoms with E-state index in [1.54, 1.807) is 5.82 Å². The molecular weight excluding hydrogens is 241 g/mol. The highest BCUT2D eigenvalue weighted by atomic mass is 79.9. The normalized spacial score (nSPS) is 39.8. The van der Waals surface area contributed by atoms with Crippen LogP contribution in [0.15, 0.2) is 10.3 Å². The van der Waals surface area contributed by atoms with E-state index in [2.05, 4.69) is 15.9 Å². The van der Waals surface area contributed by atoms with Crippen molar-refractivity contribution >= 4 is 23.4 Å². The third-order valence-electron chi connectivity index (χ3n) is 2.03. The zero-order valence-corrected chi connectivity index (χ0v) is 9.56. The van der Waals surface area contributed by atoms with Gasteiger partial charge in [0, 0.05) is 23.4 Å². The largest absolute Gasteiger partial charge is 0.303 e. The van der Waals surface area contributed by atoms with Crippen LogP contribution in [0, 0.1) is 0 Å². The highest BCUT2D eigenvalue weighted by Crippen LogP contribution is 2.65. The third kappa shape index (κ3) is 1.31. The van der Waals surface area contributed by atoms with E-state index in [4.69, 9.17) is 4.52 Å². The highest BCUT2D eigenvalue weighted by Gasteiger charge is 2.47. The average molecular weight is 252 g/mol. The quantitative estimate of drug-likeness (QED) is 0.530. The summed E-state index contributed by atoms with van der Waals surface area (Å²) in [5.41, 5.74) is -0.419. The van der Waals surface area contributed by atoms with Crippen LogP contribution in [0.2, 0.25) is 0 Å². The molecule has 0 saturated carbocycles. The van der Waals surface area contributed by atoms with Gasteiger partial charge in [0.1, 0.15) is 5.60 Å². The predicted molar refractivity (Wildman–Crippen MR) is 51.4 cm³/mol. The van der Waals surface area contributed by atoms with E-state index in [1.807, 2.05) is 18.5 Å². The van der Waals surface area contributed by atoms with Gasteiger partial charge in [-0.25, -0.2) is 4.67 Å². The van der Waals surface area contributed by atoms with Gasteiger partial charge in [0.05, 0.1) is 0 Å². The molecule has 2 rings (SSSR count). The Morgan fingerprint density at radius 3 is 2.58 bits per heavy atom. The lowest BCUT2D eigenvalue weighted by Crippen LogP contribution is -2.18. The standard InChI is InChI=1S/C7H11BrNO2P/c1-7(2)6(8)5-12(10,11-7)9-3-4-9/h5H,3-4H2,1-2H3. The first-order valence-corrected chi connectivity index (χ1v) is 6.33. The third-order valence-corrected chi connectivity index (χ3v) is 6.06. The second kappa shape index (κ2) is 2.44. The van der Waals surface area contributed by atoms with E-state index in [0.717, 1.165) is 17.6 Å². The molecule has 0 bridgehead atoms. The van der Waals surface area contributed by atoms with Crippen molar-refractivity contribution in [2.24, 2.45) is 0 Å². The van der Waals surface area contributed by atoms with Crippen molar-refractivity contribution in [1.29, 1.82) is 0 Å². The van der Waals surface area contributed by atoms with Crippen LogP contribution in [-0.4, -0.2) is 23.4 Å². The van der Waals surface area contributed by atoms with Gasteiger partial charge in [0.15, 0.2) is 0 Å². The molecule has 0 radical (unpaired) electrons. The second-order valence-electron chi connectivity index (χ2n) is 3.60. The molecule has 1 atom stereocenters. The molecule has 3 nitrogen and oxygen atoms in total. The molecule has 0 N–H and O–H groups in total. The Morgan fingerprint density at radius 2 is 2.25 bits per heavy atom. The van der Waals surface area contributed by atoms with E-state index < -0.39 is 13.1 Å². The minimum atomic E-state index is -2.58. The molecule has 2 aliphatic heterocycles. The molecule has 68 valence electrons. The highest BCUT2D eigenvalue weighted by molar-refractivity contribution is 9.11. The summed E-state index contributed by atoms with van der Waals surface area (Å²) in [6.45, 7) is 5.61. The minimum Gasteiger partial charge on any atom is -0.303 e. The van der Waals surface area contributed by atoms with Crippen molar-refractivity contribution in [1.82, 2.24) is 4.67 Å². The minimum absolute atomic E-state index is 0.419. The Balaban J connectivity index is 2.30. The number of halogens is 1. The summed E-state index contributed by atoms with van der Waals surface area (Å²) in [5, 5.41) is 0. The smallest absolute Gasteiger partial charge is 0.297 e. The lowest BCUT2D eigenvalue weighted by molar-refractivity contribution is 0.167. The molecule has 2 heterocycles. The number of nitrogens with zero attached hydrogens (tertiary/aromatic N) is 1. The Labute approximate surface area is 80.4 Å². The van der Waals surface area contributed by atoms with Gasteiger partial charge in [-0.2, -0.15) is 0 Å². The molecule has 0 amide bonds. The van der Waals surface area contributed by atoms with Gasteiger partial charge in [-0.3, -0.25) is 4.57 Å². The molecule has 1 unspecified atom stereocenters. The van der Waals surface area contributed by atoms with Crippen LogP contribution >= 0.6 is 23.4 Å². The Bertz CT molecular complexity index is 296. The molecule has 2 aliphatic rings. The SMILES string of the molecule is CC1(C)OP(=O)(N2CC2)C=C1Br. The first kappa shape index (κ1) is 8.95. The maximum atomic E-state index is 12.0. The van der Waals surface area contributed by atoms with Gasteiger partial charge >= 0.3 is 0 Å². The van der Waals surface area contributed by atoms with Crippen LogP contribution in [0.3, 0.4) is 0 Å². The van der Waals surface area contributed by atoms with Gasteiger partial charge in [-0.1, -0.05) is 15.9 Å². The molecular formula is C7H11BrNO2P. The lowest BCUT2D eigenvalue weighted by atomic mass is 10.1. The van der Waals surface area contributed by atoms with Crippen LogP contribution < -0.4 is 0 Å². The molecule has 0 aromatic carbocycles. The maximum absolute atomic E-state index is 12.0. The first-order valence-electron chi connectivity index (χ1n) is 3.89. The predicted octanol–water partition coefficient (Wildman–Crippen LogP) is 2.54. The summed E-state index contributed by atoms with van der Waals surface area (Å²) in [6.07, 6.45) is 0. The second-order valence-corrected chi connectivity index (χ2v) is 6.59. The summed E-state index contributed by atoms with van der Waals surface area (Å²) in [7, 11) is -2.58. The average Bonchev–Trinajstić information content (AvgIpc) is 2.61. The Kier molecular flexibility index (Phi) is 1.82. The molecule has 0 spiro atoms. The first-order chi connectivity index (χ1) is 5.44. The van der Waals surface area contributed by atoms with Gasteiger partial charge < -0.3 is 4.52 Å². The monoisotopic (exact) mass is 251 g/mol. The van der Waals surface area contributed by atoms with Crippen molar-refractivity contribution < 1.29 is 9.09 Å². The fourth-order valence-electron chi connectivity index (χ4n) is 1.16. The topological polar surface area (TPSA) is 29.3 Å². The van der Waals surface area contributed by atoms with Crippen LogP contribution in [0.1, 0.15) is 13.8 Å². The van der Waals surface area contributed by atoms with Crippen molar-refractivity contribution in [2.75, 3.05) is 13.1 Å². The lowest BCUT2D eigenvalue weighted by Gasteiger charge is -2.20. The van der Waals surface area contributed by atoms with Crippen molar-refractivity contribution in [3.05, 3.63) is 10.3 Å². The van der Waals surface area contributed by atoms with Crippen LogP contribution in [0.25, 0.3) is 0 Å². The summed E-state index contributed by atoms with van der Waals surface area (Å²) >= 11 is 3.37. The zero-order valence-electron chi connectivity index (χ0n) is 7.08. The van der Waals surface area contributed by atoms with Gasteiger partial charge in [0.25, 0.3) is 7.52 Å². The number of hydrogen-bond donors (Lipinski definition) is 0. The molecule has 0 aromatic rings. The van der Waals surface area contributed by atoms with Crippen LogP contribution in [0.4, 0.5) is 0 Å². The van der Waals surface area contributed by atoms with E-state index in [9.17, 15) is 4.57 Å². The van der Waals surface area contributed by atoms with E-state index >= 15 is 0 Å². The summed E-state index contributed by atoms with van der Waals surface area (Å²) in [4.78, 5) is 0. The molecule has 0 aliphatic carbocycles. The molecule has 5 heteroatoms. The number of rotatable bonds is 1. The van der Waals surface area contributed by atoms with Gasteiger partial charge in [0.2, 0.25) is 0 Å². The summed E-state index contributed by atoms with van der Waals surface area (Å²) in [5.74, 6) is 1.72. The fourth-order valence-corrected chi connectivity index (χ4v) is 4.47. The summed E-state index contributed by atoms with van der Waals surface area (Å²) < 4.78 is 20.3. The van der Waals surface area contributed by atoms with Gasteiger partial charge in [-0.05, 0) is 13.8 Å². The van der Waals surface area contributed by atoms with Crippen LogP contribution in [0.5, 0.6) is 0 Å². The molecule has 0 aromatic heterocycles. The number of hydrogen-bond acceptors (Lipinski definition) is 2. The Morgan fingerprint density at radius 1 is 1.67 bits per heavy atom. The summed E-state index contributed by atoms with van der Waals surface area (Å²) in [6, 6.07) is 0. The van der Waals surface area contributed by atoms with Crippen molar-refractivity contribution in [3.8, 4) is 0 Å². The van der Waals surface area contributed by atoms with E-state index in [0.29, 0.717) is 0 Å². The molecule has 1 fully saturated rings. The maximum Gasteiger partial charge on any atom is 0.297 e. The van der Waals surface area contributed by atoms with Crippen molar-refractivity contribution in [2.45, 2.75) is 19.4 Å². The zero-order chi connectivity index (χ0) is 8.98. The van der Waals surface area contributed by atoms with E-state index in [-0.39, 0.29) is 0 Å². The molecule has 1 saturated heterocycles. The Hall–Kier alpha value is 0.370.